The second-order valence-corrected chi connectivity index (χ2v) is 6.50. The number of rotatable bonds is 8. The number of hydrogen-bond acceptors (Lipinski definition) is 5. The number of carboxylic acid groups (broad SMARTS) is 1. The zero-order valence-corrected chi connectivity index (χ0v) is 16.9. The molecule has 0 saturated carbocycles. The van der Waals surface area contributed by atoms with Gasteiger partial charge in [0.05, 0.1) is 6.61 Å². The Hall–Kier alpha value is -2.77. The minimum atomic E-state index is -0.325. The van der Waals surface area contributed by atoms with Crippen LogP contribution >= 0.6 is 0 Å². The third-order valence-electron chi connectivity index (χ3n) is 4.12. The van der Waals surface area contributed by atoms with E-state index in [9.17, 15) is 4.79 Å². The summed E-state index contributed by atoms with van der Waals surface area (Å²) in [6.07, 6.45) is 3.53. The summed E-state index contributed by atoms with van der Waals surface area (Å²) in [5.74, 6) is 0.0646. The molecule has 7 heteroatoms. The van der Waals surface area contributed by atoms with Crippen LogP contribution < -0.4 is 0 Å². The fourth-order valence-electron chi connectivity index (χ4n) is 2.76. The van der Waals surface area contributed by atoms with Crippen molar-refractivity contribution >= 4 is 12.4 Å². The highest BCUT2D eigenvalue weighted by Crippen LogP contribution is 2.22. The monoisotopic (exact) mass is 387 g/mol. The molecular weight excluding hydrogens is 358 g/mol. The lowest BCUT2D eigenvalue weighted by atomic mass is 10.0. The normalized spacial score (nSPS) is 11.3. The summed E-state index contributed by atoms with van der Waals surface area (Å²) in [6.45, 7) is 3.36. The van der Waals surface area contributed by atoms with Gasteiger partial charge >= 0.3 is 0 Å². The summed E-state index contributed by atoms with van der Waals surface area (Å²) in [4.78, 5) is 29.6. The van der Waals surface area contributed by atoms with Crippen LogP contribution in [0.4, 0.5) is 0 Å². The largest absolute Gasteiger partial charge is 0.483 e. The molecule has 0 aliphatic heterocycles. The van der Waals surface area contributed by atoms with Crippen molar-refractivity contribution in [1.82, 2.24) is 14.8 Å². The summed E-state index contributed by atoms with van der Waals surface area (Å²) >= 11 is 0. The third kappa shape index (κ3) is 7.46. The van der Waals surface area contributed by atoms with Gasteiger partial charge in [0.15, 0.2) is 0 Å². The van der Waals surface area contributed by atoms with Crippen LogP contribution in [0.5, 0.6) is 0 Å². The van der Waals surface area contributed by atoms with E-state index < -0.39 is 0 Å². The van der Waals surface area contributed by atoms with E-state index in [0.29, 0.717) is 19.7 Å². The van der Waals surface area contributed by atoms with E-state index in [1.807, 2.05) is 67.2 Å². The maximum absolute atomic E-state index is 13.3. The summed E-state index contributed by atoms with van der Waals surface area (Å²) in [6, 6.07) is 11.7. The standard InChI is InChI=1S/C20H27N3O2.CH2O2/c1-16-7-9-18(10-8-16)19(22(2)3)20(24)23(12-13-25-4)15-17-6-5-11-21-14-17;2-1-3/h5-11,14,19H,12-13,15H2,1-4H3;1H,(H,2,3). The van der Waals surface area contributed by atoms with Crippen molar-refractivity contribution in [2.24, 2.45) is 0 Å². The van der Waals surface area contributed by atoms with E-state index in [2.05, 4.69) is 4.98 Å². The van der Waals surface area contributed by atoms with Gasteiger partial charge in [0, 0.05) is 32.6 Å². The smallest absolute Gasteiger partial charge is 0.290 e. The van der Waals surface area contributed by atoms with Crippen LogP contribution in [0.2, 0.25) is 0 Å². The Kier molecular flexibility index (Phi) is 10.5. The molecular formula is C21H29N3O4. The first-order valence-corrected chi connectivity index (χ1v) is 8.92. The van der Waals surface area contributed by atoms with Gasteiger partial charge in [0.2, 0.25) is 5.91 Å². The first kappa shape index (κ1) is 23.3. The minimum Gasteiger partial charge on any atom is -0.483 e. The number of ether oxygens (including phenoxy) is 1. The Balaban J connectivity index is 0.00000122. The van der Waals surface area contributed by atoms with Crippen LogP contribution in [0.15, 0.2) is 48.8 Å². The zero-order chi connectivity index (χ0) is 20.9. The molecule has 0 aliphatic carbocycles. The van der Waals surface area contributed by atoms with Crippen LogP contribution in [-0.4, -0.2) is 66.6 Å². The van der Waals surface area contributed by atoms with Crippen molar-refractivity contribution in [3.63, 3.8) is 0 Å². The topological polar surface area (TPSA) is 83.0 Å². The zero-order valence-electron chi connectivity index (χ0n) is 16.9. The SMILES string of the molecule is COCCN(Cc1cccnc1)C(=O)C(c1ccc(C)cc1)N(C)C.O=CO. The first-order chi connectivity index (χ1) is 13.4. The number of carbonyl (C=O) groups excluding carboxylic acids is 1. The molecule has 0 aliphatic rings. The average molecular weight is 387 g/mol. The summed E-state index contributed by atoms with van der Waals surface area (Å²) in [7, 11) is 5.51. The molecule has 1 unspecified atom stereocenters. The van der Waals surface area contributed by atoms with Gasteiger partial charge in [-0.2, -0.15) is 0 Å². The molecule has 1 aromatic carbocycles. The number of hydrogen-bond donors (Lipinski definition) is 1. The van der Waals surface area contributed by atoms with Crippen molar-refractivity contribution < 1.29 is 19.4 Å². The molecule has 0 fully saturated rings. The molecule has 1 heterocycles. The molecule has 0 bridgehead atoms. The van der Waals surface area contributed by atoms with Gasteiger partial charge < -0.3 is 14.7 Å². The highest BCUT2D eigenvalue weighted by atomic mass is 16.5. The number of nitrogens with zero attached hydrogens (tertiary/aromatic N) is 3. The highest BCUT2D eigenvalue weighted by Gasteiger charge is 2.27. The quantitative estimate of drug-likeness (QED) is 0.700. The van der Waals surface area contributed by atoms with Crippen LogP contribution in [0.3, 0.4) is 0 Å². The number of aromatic nitrogens is 1. The molecule has 28 heavy (non-hydrogen) atoms. The Morgan fingerprint density at radius 2 is 1.89 bits per heavy atom. The maximum Gasteiger partial charge on any atom is 0.290 e. The van der Waals surface area contributed by atoms with E-state index in [4.69, 9.17) is 14.6 Å². The second-order valence-electron chi connectivity index (χ2n) is 6.50. The van der Waals surface area contributed by atoms with E-state index in [0.717, 1.165) is 11.1 Å². The lowest BCUT2D eigenvalue weighted by molar-refractivity contribution is -0.137. The van der Waals surface area contributed by atoms with Crippen molar-refractivity contribution in [2.75, 3.05) is 34.4 Å². The van der Waals surface area contributed by atoms with Gasteiger partial charge in [-0.15, -0.1) is 0 Å². The molecule has 0 radical (unpaired) electrons. The molecule has 1 amide bonds. The predicted molar refractivity (Wildman–Crippen MR) is 108 cm³/mol. The Labute approximate surface area is 166 Å². The molecule has 1 aromatic heterocycles. The fraction of sp³-hybridized carbons (Fsp3) is 0.381. The molecule has 0 spiro atoms. The number of benzene rings is 1. The van der Waals surface area contributed by atoms with Crippen LogP contribution in [0, 0.1) is 6.92 Å². The first-order valence-electron chi connectivity index (χ1n) is 8.92. The number of amides is 1. The Morgan fingerprint density at radius 3 is 2.39 bits per heavy atom. The van der Waals surface area contributed by atoms with Crippen molar-refractivity contribution in [1.29, 1.82) is 0 Å². The Morgan fingerprint density at radius 1 is 1.25 bits per heavy atom. The van der Waals surface area contributed by atoms with Crippen LogP contribution in [-0.2, 0) is 20.9 Å². The number of methoxy groups -OCH3 is 1. The molecule has 1 atom stereocenters. The summed E-state index contributed by atoms with van der Waals surface area (Å²) in [5, 5.41) is 6.89. The Bertz CT molecular complexity index is 705. The summed E-state index contributed by atoms with van der Waals surface area (Å²) < 4.78 is 5.20. The van der Waals surface area contributed by atoms with E-state index in [-0.39, 0.29) is 18.4 Å². The van der Waals surface area contributed by atoms with Crippen molar-refractivity contribution in [3.05, 3.63) is 65.5 Å². The number of pyridine rings is 1. The van der Waals surface area contributed by atoms with E-state index in [1.165, 1.54) is 5.56 Å². The van der Waals surface area contributed by atoms with Gasteiger partial charge in [-0.3, -0.25) is 19.5 Å². The van der Waals surface area contributed by atoms with Crippen LogP contribution in [0.25, 0.3) is 0 Å². The molecule has 7 nitrogen and oxygen atoms in total. The number of carbonyl (C=O) groups is 2. The van der Waals surface area contributed by atoms with Crippen LogP contribution in [0.1, 0.15) is 22.7 Å². The van der Waals surface area contributed by atoms with Gasteiger partial charge in [0.1, 0.15) is 6.04 Å². The summed E-state index contributed by atoms with van der Waals surface area (Å²) in [5.41, 5.74) is 3.18. The number of likely N-dealkylation sites (N-methyl/N-ethyl adjacent to an activating group) is 1. The van der Waals surface area contributed by atoms with Gasteiger partial charge in [0.25, 0.3) is 6.47 Å². The predicted octanol–water partition coefficient (Wildman–Crippen LogP) is 2.37. The van der Waals surface area contributed by atoms with Gasteiger partial charge in [-0.05, 0) is 38.2 Å². The van der Waals surface area contributed by atoms with Crippen molar-refractivity contribution in [3.8, 4) is 0 Å². The van der Waals surface area contributed by atoms with E-state index in [1.54, 1.807) is 19.5 Å². The average Bonchev–Trinajstić information content (AvgIpc) is 2.68. The minimum absolute atomic E-state index is 0.0646. The van der Waals surface area contributed by atoms with E-state index >= 15 is 0 Å². The molecule has 152 valence electrons. The van der Waals surface area contributed by atoms with Gasteiger partial charge in [-0.25, -0.2) is 0 Å². The lowest BCUT2D eigenvalue weighted by Crippen LogP contribution is -2.41. The number of aryl methyl sites for hydroxylation is 1. The molecule has 1 N–H and O–H groups in total. The second kappa shape index (κ2) is 12.6. The van der Waals surface area contributed by atoms with Crippen molar-refractivity contribution in [2.45, 2.75) is 19.5 Å². The molecule has 2 aromatic rings. The van der Waals surface area contributed by atoms with Gasteiger partial charge in [-0.1, -0.05) is 35.9 Å². The molecule has 2 rings (SSSR count). The molecule has 0 saturated heterocycles. The highest BCUT2D eigenvalue weighted by molar-refractivity contribution is 5.83. The maximum atomic E-state index is 13.3. The third-order valence-corrected chi connectivity index (χ3v) is 4.12. The lowest BCUT2D eigenvalue weighted by Gasteiger charge is -2.31. The fourth-order valence-corrected chi connectivity index (χ4v) is 2.76.